The summed E-state index contributed by atoms with van der Waals surface area (Å²) in [6.07, 6.45) is 1.76. The number of nitrogens with zero attached hydrogens (tertiary/aromatic N) is 1. The van der Waals surface area contributed by atoms with Gasteiger partial charge in [-0.2, -0.15) is 0 Å². The first-order chi connectivity index (χ1) is 9.27. The molecule has 0 spiro atoms. The molecule has 2 heterocycles. The van der Waals surface area contributed by atoms with Gasteiger partial charge in [-0.15, -0.1) is 0 Å². The van der Waals surface area contributed by atoms with E-state index in [1.54, 1.807) is 6.20 Å². The van der Waals surface area contributed by atoms with Gasteiger partial charge in [0.25, 0.3) is 6.47 Å². The van der Waals surface area contributed by atoms with Gasteiger partial charge in [-0.25, -0.2) is 4.98 Å². The largest absolute Gasteiger partial charge is 0.495 e. The Hall–Kier alpha value is -1.60. The predicted octanol–water partition coefficient (Wildman–Crippen LogP) is 1.12. The van der Waals surface area contributed by atoms with Crippen LogP contribution in [0.1, 0.15) is 27.7 Å². The molecular weight excluding hydrogens is 259 g/mol. The third-order valence-electron chi connectivity index (χ3n) is 3.57. The van der Waals surface area contributed by atoms with E-state index in [9.17, 15) is 0 Å². The number of rotatable bonds is 2. The van der Waals surface area contributed by atoms with Crippen molar-refractivity contribution in [3.05, 3.63) is 18.3 Å². The standard InChI is InChI=1S/C12H19BN2O2.CH2O2/c1-11(2)12(3,4)17-13(16-11)9-6-7-15-10(8-9)14-5;2-1-3/h6-8H,1-5H3,(H,14,15);1H,(H,2,3). The summed E-state index contributed by atoms with van der Waals surface area (Å²) in [5.74, 6) is 0.817. The SMILES string of the molecule is CNc1cc(B2OC(C)(C)C(C)(C)O2)ccn1.O=CO. The Morgan fingerprint density at radius 3 is 2.25 bits per heavy atom. The number of hydrogen-bond donors (Lipinski definition) is 2. The monoisotopic (exact) mass is 280 g/mol. The number of carboxylic acid groups (broad SMARTS) is 1. The maximum Gasteiger partial charge on any atom is 0.495 e. The van der Waals surface area contributed by atoms with Crippen molar-refractivity contribution < 1.29 is 19.2 Å². The molecule has 1 aromatic rings. The average Bonchev–Trinajstić information content (AvgIpc) is 2.60. The molecule has 0 amide bonds. The highest BCUT2D eigenvalue weighted by Crippen LogP contribution is 2.36. The third-order valence-corrected chi connectivity index (χ3v) is 3.57. The summed E-state index contributed by atoms with van der Waals surface area (Å²) in [6.45, 7) is 7.95. The zero-order chi connectivity index (χ0) is 15.4. The number of nitrogens with one attached hydrogen (secondary N) is 1. The van der Waals surface area contributed by atoms with Crippen LogP contribution in [-0.4, -0.2) is 41.9 Å². The molecule has 0 saturated carbocycles. The summed E-state index contributed by atoms with van der Waals surface area (Å²) in [6, 6.07) is 3.87. The maximum atomic E-state index is 8.36. The molecule has 0 atom stereocenters. The quantitative estimate of drug-likeness (QED) is 0.624. The van der Waals surface area contributed by atoms with Crippen molar-refractivity contribution in [1.82, 2.24) is 4.98 Å². The number of carbonyl (C=O) groups is 1. The molecule has 1 aliphatic heterocycles. The van der Waals surface area contributed by atoms with E-state index in [2.05, 4.69) is 10.3 Å². The maximum absolute atomic E-state index is 8.36. The molecule has 2 N–H and O–H groups in total. The van der Waals surface area contributed by atoms with Crippen LogP contribution in [0.25, 0.3) is 0 Å². The second-order valence-corrected chi connectivity index (χ2v) is 5.42. The normalized spacial score (nSPS) is 18.9. The lowest BCUT2D eigenvalue weighted by Gasteiger charge is -2.32. The minimum atomic E-state index is -0.324. The van der Waals surface area contributed by atoms with Crippen molar-refractivity contribution in [2.45, 2.75) is 38.9 Å². The topological polar surface area (TPSA) is 80.7 Å². The molecule has 0 unspecified atom stereocenters. The lowest BCUT2D eigenvalue weighted by atomic mass is 9.80. The first-order valence-corrected chi connectivity index (χ1v) is 6.34. The smallest absolute Gasteiger partial charge is 0.483 e. The van der Waals surface area contributed by atoms with E-state index in [4.69, 9.17) is 19.2 Å². The van der Waals surface area contributed by atoms with Crippen molar-refractivity contribution in [2.75, 3.05) is 12.4 Å². The van der Waals surface area contributed by atoms with Gasteiger partial charge in [-0.3, -0.25) is 4.79 Å². The van der Waals surface area contributed by atoms with Gasteiger partial charge in [-0.05, 0) is 45.3 Å². The Morgan fingerprint density at radius 2 is 1.80 bits per heavy atom. The zero-order valence-electron chi connectivity index (χ0n) is 12.5. The van der Waals surface area contributed by atoms with Crippen LogP contribution in [-0.2, 0) is 14.1 Å². The van der Waals surface area contributed by atoms with Gasteiger partial charge in [0.05, 0.1) is 11.2 Å². The van der Waals surface area contributed by atoms with Crippen molar-refractivity contribution in [2.24, 2.45) is 0 Å². The molecule has 0 radical (unpaired) electrons. The molecule has 6 nitrogen and oxygen atoms in total. The van der Waals surface area contributed by atoms with Crippen molar-refractivity contribution in [3.63, 3.8) is 0 Å². The molecule has 20 heavy (non-hydrogen) atoms. The summed E-state index contributed by atoms with van der Waals surface area (Å²) in [4.78, 5) is 12.5. The summed E-state index contributed by atoms with van der Waals surface area (Å²) in [7, 11) is 1.52. The van der Waals surface area contributed by atoms with Crippen LogP contribution in [0.2, 0.25) is 0 Å². The molecule has 110 valence electrons. The molecule has 0 aromatic carbocycles. The molecule has 2 rings (SSSR count). The molecule has 7 heteroatoms. The molecule has 0 bridgehead atoms. The Bertz CT molecular complexity index is 449. The van der Waals surface area contributed by atoms with E-state index in [1.807, 2.05) is 46.9 Å². The average molecular weight is 280 g/mol. The molecule has 1 aromatic heterocycles. The Kier molecular flexibility index (Phi) is 5.13. The van der Waals surface area contributed by atoms with Gasteiger partial charge < -0.3 is 19.7 Å². The van der Waals surface area contributed by atoms with Crippen molar-refractivity contribution in [3.8, 4) is 0 Å². The molecular formula is C13H21BN2O4. The summed E-state index contributed by atoms with van der Waals surface area (Å²) >= 11 is 0. The fraction of sp³-hybridized carbons (Fsp3) is 0.538. The van der Waals surface area contributed by atoms with Crippen LogP contribution in [0.5, 0.6) is 0 Å². The first kappa shape index (κ1) is 16.5. The van der Waals surface area contributed by atoms with Gasteiger partial charge >= 0.3 is 7.12 Å². The van der Waals surface area contributed by atoms with Crippen LogP contribution < -0.4 is 10.8 Å². The van der Waals surface area contributed by atoms with Crippen molar-refractivity contribution >= 4 is 24.9 Å². The molecule has 1 aliphatic rings. The van der Waals surface area contributed by atoms with E-state index in [1.165, 1.54) is 0 Å². The minimum absolute atomic E-state index is 0.250. The number of aromatic nitrogens is 1. The van der Waals surface area contributed by atoms with Crippen LogP contribution in [0.3, 0.4) is 0 Å². The molecule has 0 aliphatic carbocycles. The van der Waals surface area contributed by atoms with E-state index >= 15 is 0 Å². The first-order valence-electron chi connectivity index (χ1n) is 6.34. The lowest BCUT2D eigenvalue weighted by Crippen LogP contribution is -2.41. The second-order valence-electron chi connectivity index (χ2n) is 5.42. The van der Waals surface area contributed by atoms with Crippen LogP contribution in [0, 0.1) is 0 Å². The summed E-state index contributed by atoms with van der Waals surface area (Å²) in [5.41, 5.74) is 0.379. The van der Waals surface area contributed by atoms with Crippen LogP contribution >= 0.6 is 0 Å². The number of anilines is 1. The highest BCUT2D eigenvalue weighted by atomic mass is 16.7. The second kappa shape index (κ2) is 6.24. The number of hydrogen-bond acceptors (Lipinski definition) is 5. The Balaban J connectivity index is 0.000000612. The van der Waals surface area contributed by atoms with Gasteiger partial charge in [0.15, 0.2) is 0 Å². The highest BCUT2D eigenvalue weighted by molar-refractivity contribution is 6.62. The molecule has 1 fully saturated rings. The predicted molar refractivity (Wildman–Crippen MR) is 78.2 cm³/mol. The number of pyridine rings is 1. The van der Waals surface area contributed by atoms with Crippen molar-refractivity contribution in [1.29, 1.82) is 0 Å². The fourth-order valence-corrected chi connectivity index (χ4v) is 1.71. The van der Waals surface area contributed by atoms with Gasteiger partial charge in [-0.1, -0.05) is 0 Å². The zero-order valence-corrected chi connectivity index (χ0v) is 12.5. The lowest BCUT2D eigenvalue weighted by molar-refractivity contribution is -0.122. The summed E-state index contributed by atoms with van der Waals surface area (Å²) < 4.78 is 11.9. The van der Waals surface area contributed by atoms with Crippen LogP contribution in [0.15, 0.2) is 18.3 Å². The third kappa shape index (κ3) is 3.49. The minimum Gasteiger partial charge on any atom is -0.483 e. The Labute approximate surface area is 119 Å². The van der Waals surface area contributed by atoms with Gasteiger partial charge in [0.2, 0.25) is 0 Å². The van der Waals surface area contributed by atoms with E-state index in [-0.39, 0.29) is 24.8 Å². The highest BCUT2D eigenvalue weighted by Gasteiger charge is 2.51. The Morgan fingerprint density at radius 1 is 1.30 bits per heavy atom. The van der Waals surface area contributed by atoms with Crippen LogP contribution in [0.4, 0.5) is 5.82 Å². The van der Waals surface area contributed by atoms with E-state index < -0.39 is 0 Å². The van der Waals surface area contributed by atoms with Gasteiger partial charge in [0, 0.05) is 13.2 Å². The fourth-order valence-electron chi connectivity index (χ4n) is 1.71. The van der Waals surface area contributed by atoms with Gasteiger partial charge in [0.1, 0.15) is 5.82 Å². The van der Waals surface area contributed by atoms with E-state index in [0.717, 1.165) is 11.3 Å². The summed E-state index contributed by atoms with van der Waals surface area (Å²) in [5, 5.41) is 9.90. The molecule has 1 saturated heterocycles. The van der Waals surface area contributed by atoms with E-state index in [0.29, 0.717) is 0 Å².